The molecule has 12 heavy (non-hydrogen) atoms. The molecule has 0 atom stereocenters. The minimum Gasteiger partial charge on any atom is -0.390 e. The highest BCUT2D eigenvalue weighted by molar-refractivity contribution is 6.30. The van der Waals surface area contributed by atoms with Crippen molar-refractivity contribution < 1.29 is 5.11 Å². The Morgan fingerprint density at radius 2 is 2.33 bits per heavy atom. The number of nitrogens with zero attached hydrogens (tertiary/aromatic N) is 2. The summed E-state index contributed by atoms with van der Waals surface area (Å²) in [6.07, 6.45) is 3.36. The molecule has 0 aliphatic heterocycles. The minimum atomic E-state index is -0.0263. The molecule has 2 rings (SSSR count). The standard InChI is InChI=1S/C8H7ClN2O/c9-6-1-2-8-10-3-7(5-12)11(8)4-6/h1-4,12H,5H2. The highest BCUT2D eigenvalue weighted by Crippen LogP contribution is 2.12. The van der Waals surface area contributed by atoms with E-state index in [-0.39, 0.29) is 6.61 Å². The Morgan fingerprint density at radius 1 is 1.50 bits per heavy atom. The summed E-state index contributed by atoms with van der Waals surface area (Å²) in [5.74, 6) is 0. The molecule has 2 aromatic heterocycles. The van der Waals surface area contributed by atoms with Crippen molar-refractivity contribution >= 4 is 17.2 Å². The average Bonchev–Trinajstić information content (AvgIpc) is 2.46. The lowest BCUT2D eigenvalue weighted by Gasteiger charge is -1.97. The summed E-state index contributed by atoms with van der Waals surface area (Å²) in [7, 11) is 0. The summed E-state index contributed by atoms with van der Waals surface area (Å²) in [6, 6.07) is 3.58. The highest BCUT2D eigenvalue weighted by atomic mass is 35.5. The molecule has 0 saturated carbocycles. The molecule has 0 aliphatic carbocycles. The molecule has 62 valence electrons. The van der Waals surface area contributed by atoms with Crippen LogP contribution in [-0.2, 0) is 6.61 Å². The Balaban J connectivity index is 2.75. The van der Waals surface area contributed by atoms with Gasteiger partial charge in [-0.2, -0.15) is 0 Å². The lowest BCUT2D eigenvalue weighted by Crippen LogP contribution is -1.90. The second-order valence-electron chi connectivity index (χ2n) is 2.48. The number of imidazole rings is 1. The number of hydrogen-bond acceptors (Lipinski definition) is 2. The Bertz CT molecular complexity index is 410. The third-order valence-electron chi connectivity index (χ3n) is 1.71. The molecule has 0 aliphatic rings. The van der Waals surface area contributed by atoms with Crippen LogP contribution in [0.5, 0.6) is 0 Å². The van der Waals surface area contributed by atoms with E-state index < -0.39 is 0 Å². The van der Waals surface area contributed by atoms with E-state index in [2.05, 4.69) is 4.98 Å². The van der Waals surface area contributed by atoms with Gasteiger partial charge in [0.2, 0.25) is 0 Å². The molecule has 0 amide bonds. The fourth-order valence-electron chi connectivity index (χ4n) is 1.12. The minimum absolute atomic E-state index is 0.0263. The van der Waals surface area contributed by atoms with Gasteiger partial charge in [-0.3, -0.25) is 0 Å². The lowest BCUT2D eigenvalue weighted by atomic mass is 10.4. The van der Waals surface area contributed by atoms with E-state index in [1.807, 2.05) is 6.07 Å². The van der Waals surface area contributed by atoms with Gasteiger partial charge in [0.05, 0.1) is 23.5 Å². The maximum atomic E-state index is 8.91. The first-order chi connectivity index (χ1) is 5.81. The van der Waals surface area contributed by atoms with Gasteiger partial charge in [0, 0.05) is 6.20 Å². The molecule has 0 saturated heterocycles. The zero-order valence-electron chi connectivity index (χ0n) is 6.24. The van der Waals surface area contributed by atoms with Crippen molar-refractivity contribution in [3.8, 4) is 0 Å². The van der Waals surface area contributed by atoms with Crippen molar-refractivity contribution in [2.75, 3.05) is 0 Å². The van der Waals surface area contributed by atoms with Crippen LogP contribution in [0.3, 0.4) is 0 Å². The van der Waals surface area contributed by atoms with Crippen molar-refractivity contribution in [3.05, 3.63) is 35.2 Å². The molecule has 0 spiro atoms. The molecule has 0 bridgehead atoms. The molecule has 0 radical (unpaired) electrons. The summed E-state index contributed by atoms with van der Waals surface area (Å²) in [5.41, 5.74) is 1.54. The Morgan fingerprint density at radius 3 is 3.08 bits per heavy atom. The number of halogens is 1. The van der Waals surface area contributed by atoms with Gasteiger partial charge in [0.15, 0.2) is 0 Å². The molecule has 3 nitrogen and oxygen atoms in total. The van der Waals surface area contributed by atoms with Gasteiger partial charge in [-0.15, -0.1) is 0 Å². The number of aromatic nitrogens is 2. The molecule has 0 fully saturated rings. The number of fused-ring (bicyclic) bond motifs is 1. The molecule has 1 N–H and O–H groups in total. The van der Waals surface area contributed by atoms with Crippen LogP contribution < -0.4 is 0 Å². The summed E-state index contributed by atoms with van der Waals surface area (Å²) < 4.78 is 1.77. The topological polar surface area (TPSA) is 37.5 Å². The van der Waals surface area contributed by atoms with E-state index in [9.17, 15) is 0 Å². The van der Waals surface area contributed by atoms with Crippen LogP contribution in [0.4, 0.5) is 0 Å². The predicted molar refractivity (Wildman–Crippen MR) is 46.1 cm³/mol. The van der Waals surface area contributed by atoms with Gasteiger partial charge < -0.3 is 9.51 Å². The largest absolute Gasteiger partial charge is 0.390 e. The Kier molecular flexibility index (Phi) is 1.75. The third kappa shape index (κ3) is 1.07. The zero-order chi connectivity index (χ0) is 8.55. The maximum Gasteiger partial charge on any atom is 0.137 e. The molecular formula is C8H7ClN2O. The first-order valence-corrected chi connectivity index (χ1v) is 3.91. The number of hydrogen-bond donors (Lipinski definition) is 1. The van der Waals surface area contributed by atoms with Gasteiger partial charge in [0.25, 0.3) is 0 Å². The third-order valence-corrected chi connectivity index (χ3v) is 1.93. The van der Waals surface area contributed by atoms with Crippen LogP contribution in [0.25, 0.3) is 5.65 Å². The fourth-order valence-corrected chi connectivity index (χ4v) is 1.28. The van der Waals surface area contributed by atoms with Crippen molar-refractivity contribution in [2.24, 2.45) is 0 Å². The number of rotatable bonds is 1. The smallest absolute Gasteiger partial charge is 0.137 e. The second kappa shape index (κ2) is 2.77. The summed E-state index contributed by atoms with van der Waals surface area (Å²) >= 11 is 5.77. The van der Waals surface area contributed by atoms with Crippen LogP contribution in [0, 0.1) is 0 Å². The average molecular weight is 183 g/mol. The van der Waals surface area contributed by atoms with E-state index in [0.717, 1.165) is 11.3 Å². The van der Waals surface area contributed by atoms with Gasteiger partial charge >= 0.3 is 0 Å². The van der Waals surface area contributed by atoms with Crippen LogP contribution in [-0.4, -0.2) is 14.5 Å². The molecule has 0 aromatic carbocycles. The quantitative estimate of drug-likeness (QED) is 0.726. The summed E-state index contributed by atoms with van der Waals surface area (Å²) in [6.45, 7) is -0.0263. The molecule has 0 unspecified atom stereocenters. The van der Waals surface area contributed by atoms with E-state index in [0.29, 0.717) is 5.02 Å². The molecule has 4 heteroatoms. The van der Waals surface area contributed by atoms with Gasteiger partial charge in [0.1, 0.15) is 5.65 Å². The predicted octanol–water partition coefficient (Wildman–Crippen LogP) is 1.48. The molecule has 2 heterocycles. The van der Waals surface area contributed by atoms with E-state index >= 15 is 0 Å². The molecule has 2 aromatic rings. The van der Waals surface area contributed by atoms with Crippen LogP contribution in [0.2, 0.25) is 5.02 Å². The Labute approximate surface area is 74.2 Å². The van der Waals surface area contributed by atoms with Gasteiger partial charge in [-0.25, -0.2) is 4.98 Å². The van der Waals surface area contributed by atoms with Gasteiger partial charge in [-0.1, -0.05) is 11.6 Å². The first-order valence-electron chi connectivity index (χ1n) is 3.53. The van der Waals surface area contributed by atoms with Crippen molar-refractivity contribution in [2.45, 2.75) is 6.61 Å². The van der Waals surface area contributed by atoms with Gasteiger partial charge in [-0.05, 0) is 12.1 Å². The van der Waals surface area contributed by atoms with Crippen LogP contribution in [0.15, 0.2) is 24.5 Å². The monoisotopic (exact) mass is 182 g/mol. The van der Waals surface area contributed by atoms with Crippen molar-refractivity contribution in [3.63, 3.8) is 0 Å². The normalized spacial score (nSPS) is 10.8. The maximum absolute atomic E-state index is 8.91. The fraction of sp³-hybridized carbons (Fsp3) is 0.125. The second-order valence-corrected chi connectivity index (χ2v) is 2.92. The van der Waals surface area contributed by atoms with Crippen LogP contribution >= 0.6 is 11.6 Å². The molecular weight excluding hydrogens is 176 g/mol. The van der Waals surface area contributed by atoms with Crippen molar-refractivity contribution in [1.29, 1.82) is 0 Å². The van der Waals surface area contributed by atoms with E-state index in [1.54, 1.807) is 22.9 Å². The zero-order valence-corrected chi connectivity index (χ0v) is 6.99. The van der Waals surface area contributed by atoms with Crippen LogP contribution in [0.1, 0.15) is 5.69 Å². The van der Waals surface area contributed by atoms with E-state index in [1.165, 1.54) is 0 Å². The number of aliphatic hydroxyl groups excluding tert-OH is 1. The van der Waals surface area contributed by atoms with E-state index in [4.69, 9.17) is 16.7 Å². The number of aliphatic hydroxyl groups is 1. The SMILES string of the molecule is OCc1cnc2ccc(Cl)cn12. The summed E-state index contributed by atoms with van der Waals surface area (Å²) in [5, 5.41) is 9.55. The first kappa shape index (κ1) is 7.58. The summed E-state index contributed by atoms with van der Waals surface area (Å²) in [4.78, 5) is 4.07. The lowest BCUT2D eigenvalue weighted by molar-refractivity contribution is 0.276. The highest BCUT2D eigenvalue weighted by Gasteiger charge is 2.00. The Hall–Kier alpha value is -1.06. The number of pyridine rings is 1. The van der Waals surface area contributed by atoms with Crippen molar-refractivity contribution in [1.82, 2.24) is 9.38 Å².